The molecule has 0 aromatic carbocycles. The molecule has 0 aliphatic heterocycles. The van der Waals surface area contributed by atoms with Crippen molar-refractivity contribution in [3.8, 4) is 0 Å². The summed E-state index contributed by atoms with van der Waals surface area (Å²) in [6.07, 6.45) is 0. The molecule has 0 heterocycles. The first-order valence-corrected chi connectivity index (χ1v) is 1.84. The first-order valence-electron chi connectivity index (χ1n) is 0.924. The lowest BCUT2D eigenvalue weighted by molar-refractivity contribution is 1.49. The average Bonchev–Trinajstić information content (AvgIpc) is 1.37. The van der Waals surface area contributed by atoms with E-state index in [1.165, 1.54) is 0 Å². The molecule has 0 bridgehead atoms. The average molecular weight is 203 g/mol. The molecule has 0 radical (unpaired) electrons. The molecule has 3 heteroatoms. The number of hydrogen-bond donors (Lipinski definition) is 0. The van der Waals surface area contributed by atoms with Crippen molar-refractivity contribution in [2.24, 2.45) is 4.99 Å². The van der Waals surface area contributed by atoms with E-state index in [0.29, 0.717) is 0 Å². The van der Waals surface area contributed by atoms with E-state index in [1.54, 1.807) is 12.2 Å². The predicted octanol–water partition coefficient (Wildman–Crippen LogP) is 1.62. The normalized spacial score (nSPS) is 7.60. The fraction of sp³-hybridized carbons (Fsp3) is 0.500. The van der Waals surface area contributed by atoms with Crippen molar-refractivity contribution in [3.63, 3.8) is 0 Å². The molecule has 1 nitrogen and oxygen atoms in total. The van der Waals surface area contributed by atoms with Gasteiger partial charge in [-0.15, -0.1) is 17.0 Å². The second-order valence-corrected chi connectivity index (χ2v) is 0.765. The van der Waals surface area contributed by atoms with Gasteiger partial charge in [-0.1, -0.05) is 0 Å². The third-order valence-electron chi connectivity index (χ3n) is 0.0976. The van der Waals surface area contributed by atoms with Crippen LogP contribution in [0.25, 0.3) is 0 Å². The summed E-state index contributed by atoms with van der Waals surface area (Å²) in [6, 6.07) is 0. The van der Waals surface area contributed by atoms with E-state index in [0.717, 1.165) is 0 Å². The summed E-state index contributed by atoms with van der Waals surface area (Å²) in [6.45, 7) is 0. The molecule has 0 amide bonds. The van der Waals surface area contributed by atoms with Crippen molar-refractivity contribution >= 4 is 38.0 Å². The SMILES string of the molecule is Br.CN=CBr. The van der Waals surface area contributed by atoms with E-state index in [4.69, 9.17) is 0 Å². The van der Waals surface area contributed by atoms with Gasteiger partial charge >= 0.3 is 0 Å². The summed E-state index contributed by atoms with van der Waals surface area (Å²) in [5.74, 6) is 0. The van der Waals surface area contributed by atoms with Crippen LogP contribution in [0.15, 0.2) is 4.99 Å². The van der Waals surface area contributed by atoms with Crippen LogP contribution in [0, 0.1) is 0 Å². The zero-order chi connectivity index (χ0) is 3.41. The minimum absolute atomic E-state index is 0. The van der Waals surface area contributed by atoms with Gasteiger partial charge in [0.25, 0.3) is 0 Å². The maximum Gasteiger partial charge on any atom is 0.0637 e. The molecule has 0 saturated carbocycles. The Morgan fingerprint density at radius 1 is 1.80 bits per heavy atom. The smallest absolute Gasteiger partial charge is 0.0637 e. The highest BCUT2D eigenvalue weighted by molar-refractivity contribution is 9.17. The zero-order valence-corrected chi connectivity index (χ0v) is 6.11. The van der Waals surface area contributed by atoms with Gasteiger partial charge in [-0.2, -0.15) is 0 Å². The van der Waals surface area contributed by atoms with Crippen LogP contribution >= 0.6 is 32.9 Å². The summed E-state index contributed by atoms with van der Waals surface area (Å²) in [5.41, 5.74) is 0. The third-order valence-corrected chi connectivity index (χ3v) is 0.507. The van der Waals surface area contributed by atoms with Gasteiger partial charge in [0.2, 0.25) is 0 Å². The molecule has 0 rings (SSSR count). The summed E-state index contributed by atoms with van der Waals surface area (Å²) in [7, 11) is 1.70. The van der Waals surface area contributed by atoms with Gasteiger partial charge < -0.3 is 0 Å². The Morgan fingerprint density at radius 2 is 2.00 bits per heavy atom. The van der Waals surface area contributed by atoms with Crippen molar-refractivity contribution in [3.05, 3.63) is 0 Å². The number of aliphatic imine (C=N–C) groups is 1. The first-order chi connectivity index (χ1) is 1.91. The fourth-order valence-electron chi connectivity index (χ4n) is 0. The molecule has 0 fully saturated rings. The maximum absolute atomic E-state index is 3.53. The monoisotopic (exact) mass is 201 g/mol. The molecule has 32 valence electrons. The van der Waals surface area contributed by atoms with E-state index >= 15 is 0 Å². The second kappa shape index (κ2) is 8.82. The number of hydrogen-bond acceptors (Lipinski definition) is 1. The van der Waals surface area contributed by atoms with Gasteiger partial charge in [0.1, 0.15) is 0 Å². The molecule has 0 N–H and O–H groups in total. The van der Waals surface area contributed by atoms with Crippen LogP contribution in [-0.2, 0) is 0 Å². The molecule has 0 spiro atoms. The summed E-state index contributed by atoms with van der Waals surface area (Å²) < 4.78 is 0. The van der Waals surface area contributed by atoms with Gasteiger partial charge in [-0.3, -0.25) is 4.99 Å². The van der Waals surface area contributed by atoms with E-state index in [2.05, 4.69) is 20.9 Å². The Morgan fingerprint density at radius 3 is 2.00 bits per heavy atom. The lowest BCUT2D eigenvalue weighted by Crippen LogP contribution is -1.40. The van der Waals surface area contributed by atoms with Crippen molar-refractivity contribution in [1.82, 2.24) is 0 Å². The summed E-state index contributed by atoms with van der Waals surface area (Å²) in [5, 5.41) is 1.56. The van der Waals surface area contributed by atoms with Crippen LogP contribution in [0.2, 0.25) is 0 Å². The van der Waals surface area contributed by atoms with Gasteiger partial charge in [0.05, 0.1) is 5.12 Å². The van der Waals surface area contributed by atoms with Crippen molar-refractivity contribution < 1.29 is 0 Å². The second-order valence-electron chi connectivity index (χ2n) is 0.356. The molecule has 0 aliphatic rings. The molecule has 0 aliphatic carbocycles. The molecule has 0 saturated heterocycles. The molecular formula is C2H5Br2N. The van der Waals surface area contributed by atoms with Crippen LogP contribution in [-0.4, -0.2) is 12.2 Å². The van der Waals surface area contributed by atoms with Crippen molar-refractivity contribution in [2.75, 3.05) is 7.05 Å². The highest BCUT2D eigenvalue weighted by atomic mass is 79.9. The minimum atomic E-state index is 0. The molecule has 5 heavy (non-hydrogen) atoms. The van der Waals surface area contributed by atoms with Gasteiger partial charge in [0, 0.05) is 7.05 Å². The van der Waals surface area contributed by atoms with Crippen molar-refractivity contribution in [2.45, 2.75) is 0 Å². The molecule has 0 atom stereocenters. The van der Waals surface area contributed by atoms with E-state index < -0.39 is 0 Å². The number of halogens is 2. The maximum atomic E-state index is 3.53. The van der Waals surface area contributed by atoms with Crippen LogP contribution in [0.5, 0.6) is 0 Å². The molecule has 0 aromatic heterocycles. The third kappa shape index (κ3) is 12.1. The standard InChI is InChI=1S/C2H4BrN.BrH/c1-4-2-3;/h2H,1H3;1H. The summed E-state index contributed by atoms with van der Waals surface area (Å²) >= 11 is 2.96. The van der Waals surface area contributed by atoms with Gasteiger partial charge in [-0.05, 0) is 15.9 Å². The summed E-state index contributed by atoms with van der Waals surface area (Å²) in [4.78, 5) is 3.53. The zero-order valence-electron chi connectivity index (χ0n) is 2.81. The highest BCUT2D eigenvalue weighted by Gasteiger charge is 1.35. The van der Waals surface area contributed by atoms with Crippen LogP contribution in [0.4, 0.5) is 0 Å². The quantitative estimate of drug-likeness (QED) is 0.530. The predicted molar refractivity (Wildman–Crippen MR) is 33.7 cm³/mol. The van der Waals surface area contributed by atoms with Gasteiger partial charge in [0.15, 0.2) is 0 Å². The Hall–Kier alpha value is 0.630. The number of rotatable bonds is 0. The van der Waals surface area contributed by atoms with Crippen LogP contribution < -0.4 is 0 Å². The van der Waals surface area contributed by atoms with Crippen molar-refractivity contribution in [1.29, 1.82) is 0 Å². The Bertz CT molecular complexity index is 22.8. The number of nitrogens with zero attached hydrogens (tertiary/aromatic N) is 1. The molecule has 0 aromatic rings. The molecule has 0 unspecified atom stereocenters. The molecular weight excluding hydrogens is 198 g/mol. The minimum Gasteiger partial charge on any atom is -0.289 e. The fourth-order valence-corrected chi connectivity index (χ4v) is 0. The Balaban J connectivity index is 0. The van der Waals surface area contributed by atoms with Gasteiger partial charge in [-0.25, -0.2) is 0 Å². The van der Waals surface area contributed by atoms with E-state index in [9.17, 15) is 0 Å². The topological polar surface area (TPSA) is 12.4 Å². The van der Waals surface area contributed by atoms with Crippen LogP contribution in [0.1, 0.15) is 0 Å². The first kappa shape index (κ1) is 9.16. The lowest BCUT2D eigenvalue weighted by Gasteiger charge is -1.50. The largest absolute Gasteiger partial charge is 0.289 e. The highest BCUT2D eigenvalue weighted by Crippen LogP contribution is 1.61. The van der Waals surface area contributed by atoms with E-state index in [1.807, 2.05) is 0 Å². The Kier molecular flexibility index (Phi) is 16.2. The Labute approximate surface area is 50.4 Å². The van der Waals surface area contributed by atoms with Crippen LogP contribution in [0.3, 0.4) is 0 Å². The lowest BCUT2D eigenvalue weighted by atomic mass is 11.4. The van der Waals surface area contributed by atoms with E-state index in [-0.39, 0.29) is 17.0 Å².